The molecule has 0 atom stereocenters. The number of rotatable bonds is 6. The summed E-state index contributed by atoms with van der Waals surface area (Å²) in [7, 11) is 0. The highest BCUT2D eigenvalue weighted by atomic mass is 19.4. The van der Waals surface area contributed by atoms with Gasteiger partial charge in [0.1, 0.15) is 0 Å². The Morgan fingerprint density at radius 2 is 1.93 bits per heavy atom. The highest BCUT2D eigenvalue weighted by Gasteiger charge is 2.29. The fourth-order valence-corrected chi connectivity index (χ4v) is 3.11. The Labute approximate surface area is 171 Å². The molecule has 2 amide bonds. The van der Waals surface area contributed by atoms with Gasteiger partial charge in [-0.3, -0.25) is 14.6 Å². The number of piperidine rings is 1. The molecule has 0 saturated carbocycles. The smallest absolute Gasteiger partial charge is 0.422 e. The van der Waals surface area contributed by atoms with Gasteiger partial charge in [0.15, 0.2) is 6.61 Å². The standard InChI is InChI=1S/C20H21F3N4O3/c21-20(22,23)13-30-17-4-3-16(12-25-17)19(29)27-8-5-15(6-9-27)18(28)26-11-14-2-1-7-24-10-14/h1-4,7,10,12,15H,5-6,8-9,11,13H2,(H,26,28). The van der Waals surface area contributed by atoms with Crippen molar-refractivity contribution in [3.8, 4) is 5.88 Å². The van der Waals surface area contributed by atoms with Crippen LogP contribution in [0.1, 0.15) is 28.8 Å². The van der Waals surface area contributed by atoms with Crippen molar-refractivity contribution < 1.29 is 27.5 Å². The fraction of sp³-hybridized carbons (Fsp3) is 0.400. The van der Waals surface area contributed by atoms with Crippen LogP contribution in [0, 0.1) is 5.92 Å². The maximum atomic E-state index is 12.6. The maximum absolute atomic E-state index is 12.6. The van der Waals surface area contributed by atoms with Crippen molar-refractivity contribution in [2.24, 2.45) is 5.92 Å². The van der Waals surface area contributed by atoms with E-state index < -0.39 is 12.8 Å². The molecule has 1 aliphatic rings. The Balaban J connectivity index is 1.46. The summed E-state index contributed by atoms with van der Waals surface area (Å²) in [6, 6.07) is 6.29. The number of alkyl halides is 3. The third-order valence-corrected chi connectivity index (χ3v) is 4.71. The summed E-state index contributed by atoms with van der Waals surface area (Å²) in [6.45, 7) is -0.212. The Morgan fingerprint density at radius 1 is 1.17 bits per heavy atom. The second-order valence-corrected chi connectivity index (χ2v) is 6.93. The molecule has 10 heteroatoms. The van der Waals surface area contributed by atoms with E-state index in [9.17, 15) is 22.8 Å². The van der Waals surface area contributed by atoms with Gasteiger partial charge < -0.3 is 15.0 Å². The van der Waals surface area contributed by atoms with Gasteiger partial charge in [0.25, 0.3) is 5.91 Å². The topological polar surface area (TPSA) is 84.4 Å². The van der Waals surface area contributed by atoms with Gasteiger partial charge >= 0.3 is 6.18 Å². The highest BCUT2D eigenvalue weighted by Crippen LogP contribution is 2.21. The molecule has 160 valence electrons. The van der Waals surface area contributed by atoms with Crippen LogP contribution in [0.4, 0.5) is 13.2 Å². The average molecular weight is 422 g/mol. The van der Waals surface area contributed by atoms with Crippen LogP contribution in [0.2, 0.25) is 0 Å². The molecule has 2 aromatic rings. The number of carbonyl (C=O) groups is 2. The minimum absolute atomic E-state index is 0.0567. The van der Waals surface area contributed by atoms with E-state index in [0.717, 1.165) is 5.56 Å². The van der Waals surface area contributed by atoms with Gasteiger partial charge in [-0.25, -0.2) is 4.98 Å². The average Bonchev–Trinajstić information content (AvgIpc) is 2.76. The molecule has 0 radical (unpaired) electrons. The molecule has 30 heavy (non-hydrogen) atoms. The number of carbonyl (C=O) groups excluding carboxylic acids is 2. The minimum Gasteiger partial charge on any atom is -0.468 e. The minimum atomic E-state index is -4.45. The van der Waals surface area contributed by atoms with E-state index in [4.69, 9.17) is 0 Å². The monoisotopic (exact) mass is 422 g/mol. The van der Waals surface area contributed by atoms with E-state index in [1.54, 1.807) is 23.4 Å². The lowest BCUT2D eigenvalue weighted by molar-refractivity contribution is -0.154. The predicted molar refractivity (Wildman–Crippen MR) is 100 cm³/mol. The Kier molecular flexibility index (Phi) is 6.86. The van der Waals surface area contributed by atoms with Crippen LogP contribution < -0.4 is 10.1 Å². The summed E-state index contributed by atoms with van der Waals surface area (Å²) in [5, 5.41) is 2.89. The number of amides is 2. The normalized spacial score (nSPS) is 15.0. The van der Waals surface area contributed by atoms with Crippen LogP contribution in [0.15, 0.2) is 42.9 Å². The van der Waals surface area contributed by atoms with Crippen LogP contribution >= 0.6 is 0 Å². The quantitative estimate of drug-likeness (QED) is 0.774. The molecule has 1 fully saturated rings. The van der Waals surface area contributed by atoms with Crippen LogP contribution in [0.3, 0.4) is 0 Å². The summed E-state index contributed by atoms with van der Waals surface area (Å²) in [5.41, 5.74) is 1.17. The van der Waals surface area contributed by atoms with Crippen LogP contribution in [0.5, 0.6) is 5.88 Å². The third kappa shape index (κ3) is 6.16. The first kappa shape index (κ1) is 21.5. The molecule has 7 nitrogen and oxygen atoms in total. The van der Waals surface area contributed by atoms with E-state index in [-0.39, 0.29) is 29.2 Å². The summed E-state index contributed by atoms with van der Waals surface area (Å²) in [5.74, 6) is -0.715. The number of pyridine rings is 2. The third-order valence-electron chi connectivity index (χ3n) is 4.71. The second-order valence-electron chi connectivity index (χ2n) is 6.93. The van der Waals surface area contributed by atoms with Crippen molar-refractivity contribution in [2.75, 3.05) is 19.7 Å². The van der Waals surface area contributed by atoms with Gasteiger partial charge in [-0.15, -0.1) is 0 Å². The number of hydrogen-bond acceptors (Lipinski definition) is 5. The lowest BCUT2D eigenvalue weighted by Gasteiger charge is -2.31. The predicted octanol–water partition coefficient (Wildman–Crippen LogP) is 2.59. The first-order chi connectivity index (χ1) is 14.3. The van der Waals surface area contributed by atoms with Crippen molar-refractivity contribution in [3.63, 3.8) is 0 Å². The molecule has 1 saturated heterocycles. The van der Waals surface area contributed by atoms with E-state index in [1.807, 2.05) is 6.07 Å². The van der Waals surface area contributed by atoms with Crippen LogP contribution in [0.25, 0.3) is 0 Å². The molecule has 1 N–H and O–H groups in total. The van der Waals surface area contributed by atoms with Gasteiger partial charge in [-0.2, -0.15) is 13.2 Å². The van der Waals surface area contributed by atoms with E-state index >= 15 is 0 Å². The van der Waals surface area contributed by atoms with Gasteiger partial charge in [0, 0.05) is 50.2 Å². The van der Waals surface area contributed by atoms with Crippen molar-refractivity contribution in [1.82, 2.24) is 20.2 Å². The van der Waals surface area contributed by atoms with Gasteiger partial charge in [-0.1, -0.05) is 6.07 Å². The van der Waals surface area contributed by atoms with Gasteiger partial charge in [0.2, 0.25) is 11.8 Å². The molecular formula is C20H21F3N4O3. The molecule has 0 spiro atoms. The zero-order valence-corrected chi connectivity index (χ0v) is 16.1. The van der Waals surface area contributed by atoms with E-state index in [0.29, 0.717) is 32.5 Å². The van der Waals surface area contributed by atoms with E-state index in [2.05, 4.69) is 20.0 Å². The maximum Gasteiger partial charge on any atom is 0.422 e. The Hall–Kier alpha value is -3.17. The SMILES string of the molecule is O=C(NCc1cccnc1)C1CCN(C(=O)c2ccc(OCC(F)(F)F)nc2)CC1. The van der Waals surface area contributed by atoms with Crippen molar-refractivity contribution in [1.29, 1.82) is 0 Å². The molecular weight excluding hydrogens is 401 g/mol. The molecule has 0 unspecified atom stereocenters. The first-order valence-corrected chi connectivity index (χ1v) is 9.43. The lowest BCUT2D eigenvalue weighted by Crippen LogP contribution is -2.43. The molecule has 0 aromatic carbocycles. The lowest BCUT2D eigenvalue weighted by atomic mass is 9.95. The fourth-order valence-electron chi connectivity index (χ4n) is 3.11. The highest BCUT2D eigenvalue weighted by molar-refractivity contribution is 5.94. The van der Waals surface area contributed by atoms with Crippen LogP contribution in [-0.2, 0) is 11.3 Å². The Morgan fingerprint density at radius 3 is 2.53 bits per heavy atom. The van der Waals surface area contributed by atoms with Gasteiger partial charge in [0.05, 0.1) is 5.56 Å². The van der Waals surface area contributed by atoms with Crippen molar-refractivity contribution in [3.05, 3.63) is 54.0 Å². The number of likely N-dealkylation sites (tertiary alicyclic amines) is 1. The molecule has 1 aliphatic heterocycles. The van der Waals surface area contributed by atoms with Gasteiger partial charge in [-0.05, 0) is 30.5 Å². The molecule has 2 aromatic heterocycles. The van der Waals surface area contributed by atoms with Crippen molar-refractivity contribution in [2.45, 2.75) is 25.6 Å². The summed E-state index contributed by atoms with van der Waals surface area (Å²) in [6.07, 6.45) is 1.16. The molecule has 3 rings (SSSR count). The summed E-state index contributed by atoms with van der Waals surface area (Å²) < 4.78 is 41.0. The summed E-state index contributed by atoms with van der Waals surface area (Å²) >= 11 is 0. The van der Waals surface area contributed by atoms with Crippen molar-refractivity contribution >= 4 is 11.8 Å². The number of nitrogens with one attached hydrogen (secondary N) is 1. The van der Waals surface area contributed by atoms with Crippen LogP contribution in [-0.4, -0.2) is 52.6 Å². The Bertz CT molecular complexity index is 852. The number of aromatic nitrogens is 2. The van der Waals surface area contributed by atoms with E-state index in [1.165, 1.54) is 18.3 Å². The first-order valence-electron chi connectivity index (χ1n) is 9.43. The number of halogens is 3. The zero-order chi connectivity index (χ0) is 21.6. The largest absolute Gasteiger partial charge is 0.468 e. The second kappa shape index (κ2) is 9.55. The molecule has 0 aliphatic carbocycles. The number of ether oxygens (including phenoxy) is 1. The molecule has 3 heterocycles. The number of nitrogens with zero attached hydrogens (tertiary/aromatic N) is 3. The summed E-state index contributed by atoms with van der Waals surface area (Å²) in [4.78, 5) is 34.3. The zero-order valence-electron chi connectivity index (χ0n) is 16.1. The number of hydrogen-bond donors (Lipinski definition) is 1. The molecule has 0 bridgehead atoms.